The molecule has 0 radical (unpaired) electrons. The van der Waals surface area contributed by atoms with Crippen molar-refractivity contribution in [2.75, 3.05) is 7.05 Å². The van der Waals surface area contributed by atoms with Gasteiger partial charge in [0.15, 0.2) is 0 Å². The van der Waals surface area contributed by atoms with Crippen LogP contribution in [-0.2, 0) is 16.1 Å². The van der Waals surface area contributed by atoms with E-state index in [0.29, 0.717) is 0 Å². The van der Waals surface area contributed by atoms with E-state index < -0.39 is 11.9 Å². The van der Waals surface area contributed by atoms with Crippen molar-refractivity contribution in [3.8, 4) is 0 Å². The van der Waals surface area contributed by atoms with Gasteiger partial charge in [-0.25, -0.2) is 9.59 Å². The molecule has 6 heteroatoms. The summed E-state index contributed by atoms with van der Waals surface area (Å²) in [5.41, 5.74) is 3.86. The number of aryl methyl sites for hydroxylation is 1. The summed E-state index contributed by atoms with van der Waals surface area (Å²) in [6.45, 7) is 3.04. The van der Waals surface area contributed by atoms with Gasteiger partial charge in [-0.3, -0.25) is 0 Å². The summed E-state index contributed by atoms with van der Waals surface area (Å²) < 4.78 is 0. The van der Waals surface area contributed by atoms with E-state index in [1.165, 1.54) is 22.0 Å². The third kappa shape index (κ3) is 4.11. The quantitative estimate of drug-likeness (QED) is 0.613. The number of carbonyl (C=O) groups is 2. The molecule has 6 nitrogen and oxygen atoms in total. The van der Waals surface area contributed by atoms with E-state index in [-0.39, 0.29) is 0 Å². The molecule has 0 atom stereocenters. The lowest BCUT2D eigenvalue weighted by atomic mass is 10.1. The first-order valence-electron chi connectivity index (χ1n) is 5.63. The molecule has 0 aliphatic carbocycles. The highest BCUT2D eigenvalue weighted by atomic mass is 16.4. The van der Waals surface area contributed by atoms with E-state index in [9.17, 15) is 0 Å². The van der Waals surface area contributed by atoms with E-state index in [2.05, 4.69) is 41.6 Å². The lowest BCUT2D eigenvalue weighted by molar-refractivity contribution is -0.159. The van der Waals surface area contributed by atoms with Gasteiger partial charge in [-0.15, -0.1) is 0 Å². The average molecular weight is 264 g/mol. The van der Waals surface area contributed by atoms with Gasteiger partial charge in [-0.2, -0.15) is 0 Å². The van der Waals surface area contributed by atoms with Gasteiger partial charge >= 0.3 is 11.9 Å². The van der Waals surface area contributed by atoms with Crippen molar-refractivity contribution in [2.24, 2.45) is 0 Å². The van der Waals surface area contributed by atoms with Gasteiger partial charge in [-0.05, 0) is 31.7 Å². The van der Waals surface area contributed by atoms with Crippen LogP contribution >= 0.6 is 0 Å². The fourth-order valence-electron chi connectivity index (χ4n) is 1.63. The maximum absolute atomic E-state index is 9.10. The Morgan fingerprint density at radius 2 is 1.89 bits per heavy atom. The van der Waals surface area contributed by atoms with Gasteiger partial charge in [0, 0.05) is 23.6 Å². The Morgan fingerprint density at radius 3 is 2.42 bits per heavy atom. The van der Waals surface area contributed by atoms with Crippen LogP contribution in [0.15, 0.2) is 24.4 Å². The molecule has 2 aromatic rings. The molecule has 1 heterocycles. The Kier molecular flexibility index (Phi) is 5.08. The van der Waals surface area contributed by atoms with E-state index in [4.69, 9.17) is 19.8 Å². The topological polar surface area (TPSA) is 102 Å². The molecule has 2 rings (SSSR count). The molecule has 0 spiro atoms. The summed E-state index contributed by atoms with van der Waals surface area (Å²) in [7, 11) is 1.97. The third-order valence-electron chi connectivity index (χ3n) is 2.47. The molecule has 0 bridgehead atoms. The molecule has 0 aliphatic rings. The highest BCUT2D eigenvalue weighted by Crippen LogP contribution is 2.19. The predicted molar refractivity (Wildman–Crippen MR) is 71.1 cm³/mol. The molecular formula is C13H16N2O4. The second-order valence-corrected chi connectivity index (χ2v) is 4.00. The summed E-state index contributed by atoms with van der Waals surface area (Å²) in [6.07, 6.45) is 2.07. The fraction of sp³-hybridized carbons (Fsp3) is 0.231. The molecule has 1 aromatic carbocycles. The van der Waals surface area contributed by atoms with E-state index in [1.54, 1.807) is 0 Å². The van der Waals surface area contributed by atoms with E-state index in [1.807, 2.05) is 7.05 Å². The molecule has 0 saturated carbocycles. The van der Waals surface area contributed by atoms with E-state index >= 15 is 0 Å². The monoisotopic (exact) mass is 264 g/mol. The second-order valence-electron chi connectivity index (χ2n) is 4.00. The van der Waals surface area contributed by atoms with Crippen LogP contribution in [0.1, 0.15) is 11.1 Å². The van der Waals surface area contributed by atoms with Gasteiger partial charge < -0.3 is 20.5 Å². The standard InChI is InChI=1S/C11H14N2.C2H2O4/c1-8-3-4-11-10(5-8)9(6-12-2)7-13-11;3-1(4)2(5)6/h3-5,7,12-13H,6H2,1-2H3;(H,3,4)(H,5,6). The summed E-state index contributed by atoms with van der Waals surface area (Å²) in [5, 5.41) is 19.3. The minimum absolute atomic E-state index is 0.920. The zero-order chi connectivity index (χ0) is 14.4. The lowest BCUT2D eigenvalue weighted by Crippen LogP contribution is -2.09. The molecule has 0 aliphatic heterocycles. The Labute approximate surface area is 110 Å². The molecule has 1 aromatic heterocycles. The number of nitrogens with one attached hydrogen (secondary N) is 2. The number of rotatable bonds is 2. The Morgan fingerprint density at radius 1 is 1.26 bits per heavy atom. The number of fused-ring (bicyclic) bond motifs is 1. The number of hydrogen-bond donors (Lipinski definition) is 4. The number of carboxylic acid groups (broad SMARTS) is 2. The molecule has 0 saturated heterocycles. The maximum Gasteiger partial charge on any atom is 0.414 e. The van der Waals surface area contributed by atoms with Crippen molar-refractivity contribution >= 4 is 22.8 Å². The third-order valence-corrected chi connectivity index (χ3v) is 2.47. The molecular weight excluding hydrogens is 248 g/mol. The zero-order valence-electron chi connectivity index (χ0n) is 10.7. The van der Waals surface area contributed by atoms with Crippen LogP contribution < -0.4 is 5.32 Å². The van der Waals surface area contributed by atoms with Crippen molar-refractivity contribution in [1.29, 1.82) is 0 Å². The maximum atomic E-state index is 9.10. The molecule has 0 amide bonds. The second kappa shape index (κ2) is 6.55. The summed E-state index contributed by atoms with van der Waals surface area (Å²) in [6, 6.07) is 6.48. The molecule has 0 fully saturated rings. The van der Waals surface area contributed by atoms with Gasteiger partial charge in [0.2, 0.25) is 0 Å². The van der Waals surface area contributed by atoms with Gasteiger partial charge in [0.1, 0.15) is 0 Å². The number of aromatic amines is 1. The normalized spacial score (nSPS) is 9.79. The van der Waals surface area contributed by atoms with Crippen LogP contribution in [0.5, 0.6) is 0 Å². The average Bonchev–Trinajstić information content (AvgIpc) is 2.73. The highest BCUT2D eigenvalue weighted by Gasteiger charge is 2.04. The van der Waals surface area contributed by atoms with Gasteiger partial charge in [0.25, 0.3) is 0 Å². The summed E-state index contributed by atoms with van der Waals surface area (Å²) in [5.74, 6) is -3.65. The first kappa shape index (κ1) is 14.7. The number of H-pyrrole nitrogens is 1. The molecule has 19 heavy (non-hydrogen) atoms. The first-order valence-corrected chi connectivity index (χ1v) is 5.63. The van der Waals surface area contributed by atoms with Crippen LogP contribution in [0.4, 0.5) is 0 Å². The number of benzene rings is 1. The number of aliphatic carboxylic acids is 2. The SMILES string of the molecule is CNCc1c[nH]c2ccc(C)cc12.O=C(O)C(=O)O. The minimum atomic E-state index is -1.82. The lowest BCUT2D eigenvalue weighted by Gasteiger charge is -1.98. The van der Waals surface area contributed by atoms with Crippen molar-refractivity contribution in [1.82, 2.24) is 10.3 Å². The van der Waals surface area contributed by atoms with Gasteiger partial charge in [-0.1, -0.05) is 11.6 Å². The highest BCUT2D eigenvalue weighted by molar-refractivity contribution is 6.27. The molecule has 102 valence electrons. The van der Waals surface area contributed by atoms with Crippen LogP contribution in [0.25, 0.3) is 10.9 Å². The van der Waals surface area contributed by atoms with Gasteiger partial charge in [0.05, 0.1) is 0 Å². The number of aromatic nitrogens is 1. The van der Waals surface area contributed by atoms with E-state index in [0.717, 1.165) is 6.54 Å². The van der Waals surface area contributed by atoms with Crippen LogP contribution in [0.2, 0.25) is 0 Å². The number of hydrogen-bond acceptors (Lipinski definition) is 3. The Balaban J connectivity index is 0.000000258. The summed E-state index contributed by atoms with van der Waals surface area (Å²) >= 11 is 0. The van der Waals surface area contributed by atoms with Crippen molar-refractivity contribution in [3.05, 3.63) is 35.5 Å². The van der Waals surface area contributed by atoms with Crippen molar-refractivity contribution in [2.45, 2.75) is 13.5 Å². The smallest absolute Gasteiger partial charge is 0.414 e. The van der Waals surface area contributed by atoms with Crippen LogP contribution in [0, 0.1) is 6.92 Å². The fourth-order valence-corrected chi connectivity index (χ4v) is 1.63. The first-order chi connectivity index (χ1) is 8.95. The van der Waals surface area contributed by atoms with Crippen LogP contribution in [-0.4, -0.2) is 34.2 Å². The van der Waals surface area contributed by atoms with Crippen molar-refractivity contribution in [3.63, 3.8) is 0 Å². The molecule has 4 N–H and O–H groups in total. The van der Waals surface area contributed by atoms with Crippen molar-refractivity contribution < 1.29 is 19.8 Å². The van der Waals surface area contributed by atoms with Crippen LogP contribution in [0.3, 0.4) is 0 Å². The number of carboxylic acids is 2. The minimum Gasteiger partial charge on any atom is -0.473 e. The predicted octanol–water partition coefficient (Wildman–Crippen LogP) is 1.35. The summed E-state index contributed by atoms with van der Waals surface area (Å²) in [4.78, 5) is 21.5. The Bertz CT molecular complexity index is 577. The largest absolute Gasteiger partial charge is 0.473 e. The zero-order valence-corrected chi connectivity index (χ0v) is 10.7. The Hall–Kier alpha value is -2.34. The molecule has 0 unspecified atom stereocenters.